The molecule has 120 valence electrons. The van der Waals surface area contributed by atoms with Gasteiger partial charge in [-0.2, -0.15) is 5.10 Å². The summed E-state index contributed by atoms with van der Waals surface area (Å²) in [4.78, 5) is 26.1. The molecular weight excluding hydrogens is 318 g/mol. The molecule has 1 aromatic carbocycles. The fourth-order valence-electron chi connectivity index (χ4n) is 3.19. The minimum atomic E-state index is -1.38. The number of benzene rings is 1. The van der Waals surface area contributed by atoms with Crippen LogP contribution < -0.4 is 10.7 Å². The van der Waals surface area contributed by atoms with Gasteiger partial charge in [-0.25, -0.2) is 0 Å². The van der Waals surface area contributed by atoms with E-state index in [0.29, 0.717) is 35.1 Å². The standard InChI is InChI=1S/C16H16ClN3O3/c17-10-3-4-11-12(7-10)19-15(22)16(14(11)21)8-23-6-5-18-20-13(16)9-1-2-9/h3-4,7,9,18H,1-2,5-6,8H2,(H,19,22)/b20-13-. The number of fused-ring (bicyclic) bond motifs is 1. The third-order valence-electron chi connectivity index (χ3n) is 4.53. The number of nitrogens with one attached hydrogen (secondary N) is 2. The molecule has 1 saturated carbocycles. The lowest BCUT2D eigenvalue weighted by Crippen LogP contribution is -2.57. The Balaban J connectivity index is 1.87. The highest BCUT2D eigenvalue weighted by Gasteiger charge is 2.57. The van der Waals surface area contributed by atoms with Crippen LogP contribution in [0, 0.1) is 11.3 Å². The molecule has 2 heterocycles. The van der Waals surface area contributed by atoms with Crippen LogP contribution in [0.2, 0.25) is 5.02 Å². The summed E-state index contributed by atoms with van der Waals surface area (Å²) in [6.45, 7) is 0.988. The zero-order valence-corrected chi connectivity index (χ0v) is 13.2. The Morgan fingerprint density at radius 1 is 1.30 bits per heavy atom. The second kappa shape index (κ2) is 5.32. The van der Waals surface area contributed by atoms with Gasteiger partial charge in [-0.3, -0.25) is 9.59 Å². The minimum Gasteiger partial charge on any atom is -0.378 e. The van der Waals surface area contributed by atoms with E-state index in [0.717, 1.165) is 12.8 Å². The fourth-order valence-corrected chi connectivity index (χ4v) is 3.37. The summed E-state index contributed by atoms with van der Waals surface area (Å²) in [5.74, 6) is -0.485. The van der Waals surface area contributed by atoms with Crippen molar-refractivity contribution in [2.75, 3.05) is 25.1 Å². The second-order valence-electron chi connectivity index (χ2n) is 6.11. The number of Topliss-reactive ketones (excluding diaryl/α,β-unsaturated/α-hetero) is 1. The van der Waals surface area contributed by atoms with Crippen LogP contribution in [0.25, 0.3) is 0 Å². The van der Waals surface area contributed by atoms with Crippen molar-refractivity contribution >= 4 is 34.7 Å². The summed E-state index contributed by atoms with van der Waals surface area (Å²) in [6.07, 6.45) is 1.88. The fraction of sp³-hybridized carbons (Fsp3) is 0.438. The largest absolute Gasteiger partial charge is 0.378 e. The van der Waals surface area contributed by atoms with Crippen molar-refractivity contribution in [2.45, 2.75) is 12.8 Å². The van der Waals surface area contributed by atoms with Gasteiger partial charge in [0.05, 0.1) is 31.2 Å². The Morgan fingerprint density at radius 3 is 2.91 bits per heavy atom. The van der Waals surface area contributed by atoms with Crippen LogP contribution in [-0.4, -0.2) is 37.2 Å². The lowest BCUT2D eigenvalue weighted by Gasteiger charge is -2.37. The molecule has 2 aliphatic heterocycles. The molecule has 0 radical (unpaired) electrons. The molecule has 1 atom stereocenters. The summed E-state index contributed by atoms with van der Waals surface area (Å²) in [6, 6.07) is 4.90. The molecule has 7 heteroatoms. The van der Waals surface area contributed by atoms with Gasteiger partial charge in [0.15, 0.2) is 11.2 Å². The predicted molar refractivity (Wildman–Crippen MR) is 85.8 cm³/mol. The number of ether oxygens (including phenoxy) is 1. The predicted octanol–water partition coefficient (Wildman–Crippen LogP) is 1.85. The minimum absolute atomic E-state index is 0.0246. The van der Waals surface area contributed by atoms with E-state index in [4.69, 9.17) is 16.3 Å². The second-order valence-corrected chi connectivity index (χ2v) is 6.55. The maximum absolute atomic E-state index is 13.2. The first kappa shape index (κ1) is 14.7. The third kappa shape index (κ3) is 2.24. The normalized spacial score (nSPS) is 29.7. The van der Waals surface area contributed by atoms with Crippen LogP contribution in [-0.2, 0) is 9.53 Å². The number of halogens is 1. The SMILES string of the molecule is O=C1Nc2cc(Cl)ccc2C(=O)C12COCCN/N=C\2C1CC1. The van der Waals surface area contributed by atoms with Crippen molar-refractivity contribution in [2.24, 2.45) is 16.4 Å². The summed E-state index contributed by atoms with van der Waals surface area (Å²) >= 11 is 5.97. The number of ketones is 1. The van der Waals surface area contributed by atoms with Gasteiger partial charge in [0.2, 0.25) is 5.91 Å². The van der Waals surface area contributed by atoms with Crippen molar-refractivity contribution in [3.8, 4) is 0 Å². The van der Waals surface area contributed by atoms with E-state index < -0.39 is 5.41 Å². The molecule has 4 rings (SSSR count). The Labute approximate surface area is 138 Å². The lowest BCUT2D eigenvalue weighted by atomic mass is 9.71. The molecule has 23 heavy (non-hydrogen) atoms. The first-order valence-electron chi connectivity index (χ1n) is 7.67. The number of carbonyl (C=O) groups is 2. The van der Waals surface area contributed by atoms with E-state index in [-0.39, 0.29) is 24.2 Å². The van der Waals surface area contributed by atoms with Crippen molar-refractivity contribution in [3.63, 3.8) is 0 Å². The van der Waals surface area contributed by atoms with Gasteiger partial charge in [0.25, 0.3) is 0 Å². The van der Waals surface area contributed by atoms with Crippen molar-refractivity contribution in [1.29, 1.82) is 0 Å². The average Bonchev–Trinajstić information content (AvgIpc) is 3.31. The molecule has 1 amide bonds. The number of nitrogens with zero attached hydrogens (tertiary/aromatic N) is 1. The number of carbonyl (C=O) groups excluding carboxylic acids is 2. The lowest BCUT2D eigenvalue weighted by molar-refractivity contribution is -0.123. The first-order valence-corrected chi connectivity index (χ1v) is 8.05. The highest BCUT2D eigenvalue weighted by Crippen LogP contribution is 2.44. The number of hydrazone groups is 1. The maximum Gasteiger partial charge on any atom is 0.246 e. The van der Waals surface area contributed by atoms with Crippen molar-refractivity contribution < 1.29 is 14.3 Å². The highest BCUT2D eigenvalue weighted by atomic mass is 35.5. The molecule has 2 N–H and O–H groups in total. The van der Waals surface area contributed by atoms with Gasteiger partial charge in [0, 0.05) is 16.5 Å². The van der Waals surface area contributed by atoms with E-state index in [1.54, 1.807) is 18.2 Å². The van der Waals surface area contributed by atoms with Gasteiger partial charge in [-0.05, 0) is 31.0 Å². The number of rotatable bonds is 1. The molecule has 0 saturated heterocycles. The molecule has 1 aromatic rings. The maximum atomic E-state index is 13.2. The van der Waals surface area contributed by atoms with Gasteiger partial charge in [-0.1, -0.05) is 11.6 Å². The monoisotopic (exact) mass is 333 g/mol. The zero-order valence-electron chi connectivity index (χ0n) is 12.4. The van der Waals surface area contributed by atoms with E-state index in [1.807, 2.05) is 0 Å². The summed E-state index contributed by atoms with van der Waals surface area (Å²) in [5.41, 5.74) is 3.03. The molecule has 3 aliphatic rings. The van der Waals surface area contributed by atoms with Crippen molar-refractivity contribution in [1.82, 2.24) is 5.43 Å². The quantitative estimate of drug-likeness (QED) is 0.769. The summed E-state index contributed by atoms with van der Waals surface area (Å²) in [5, 5.41) is 7.68. The Kier molecular flexibility index (Phi) is 3.39. The van der Waals surface area contributed by atoms with Crippen LogP contribution in [0.3, 0.4) is 0 Å². The van der Waals surface area contributed by atoms with Gasteiger partial charge >= 0.3 is 0 Å². The Bertz CT molecular complexity index is 729. The van der Waals surface area contributed by atoms with Gasteiger partial charge in [0.1, 0.15) is 0 Å². The molecule has 0 bridgehead atoms. The Hall–Kier alpha value is -1.92. The number of anilines is 1. The third-order valence-corrected chi connectivity index (χ3v) is 4.76. The van der Waals surface area contributed by atoms with E-state index in [1.165, 1.54) is 0 Å². The molecule has 0 aromatic heterocycles. The molecule has 1 unspecified atom stereocenters. The Morgan fingerprint density at radius 2 is 2.13 bits per heavy atom. The number of hydrogen-bond donors (Lipinski definition) is 2. The molecule has 1 aliphatic carbocycles. The van der Waals surface area contributed by atoms with Crippen LogP contribution >= 0.6 is 11.6 Å². The molecule has 1 fully saturated rings. The molecule has 6 nitrogen and oxygen atoms in total. The van der Waals surface area contributed by atoms with E-state index in [2.05, 4.69) is 15.8 Å². The van der Waals surface area contributed by atoms with E-state index >= 15 is 0 Å². The van der Waals surface area contributed by atoms with Gasteiger partial charge in [-0.15, -0.1) is 0 Å². The topological polar surface area (TPSA) is 79.8 Å². The number of amides is 1. The van der Waals surface area contributed by atoms with Crippen LogP contribution in [0.5, 0.6) is 0 Å². The highest BCUT2D eigenvalue weighted by molar-refractivity contribution is 6.37. The number of hydrogen-bond acceptors (Lipinski definition) is 5. The van der Waals surface area contributed by atoms with Gasteiger partial charge < -0.3 is 15.5 Å². The molecular formula is C16H16ClN3O3. The first-order chi connectivity index (χ1) is 11.1. The molecule has 1 spiro atoms. The van der Waals surface area contributed by atoms with Crippen LogP contribution in [0.15, 0.2) is 23.3 Å². The van der Waals surface area contributed by atoms with E-state index in [9.17, 15) is 9.59 Å². The average molecular weight is 334 g/mol. The summed E-state index contributed by atoms with van der Waals surface area (Å²) in [7, 11) is 0. The smallest absolute Gasteiger partial charge is 0.246 e. The van der Waals surface area contributed by atoms with Crippen LogP contribution in [0.1, 0.15) is 23.2 Å². The summed E-state index contributed by atoms with van der Waals surface area (Å²) < 4.78 is 5.60. The zero-order chi connectivity index (χ0) is 16.0. The van der Waals surface area contributed by atoms with Crippen molar-refractivity contribution in [3.05, 3.63) is 28.8 Å². The van der Waals surface area contributed by atoms with Crippen LogP contribution in [0.4, 0.5) is 5.69 Å².